The Kier molecular flexibility index (Phi) is 4.18. The lowest BCUT2D eigenvalue weighted by molar-refractivity contribution is 0.426. The van der Waals surface area contributed by atoms with Gasteiger partial charge in [0.15, 0.2) is 5.76 Å². The second-order valence-corrected chi connectivity index (χ2v) is 5.98. The largest absolute Gasteiger partial charge is 0.398 e. The maximum absolute atomic E-state index is 6.01. The van der Waals surface area contributed by atoms with E-state index < -0.39 is 0 Å². The summed E-state index contributed by atoms with van der Waals surface area (Å²) in [7, 11) is 0. The number of nitrogens with zero attached hydrogens (tertiary/aromatic N) is 1. The first-order valence-electron chi connectivity index (χ1n) is 6.41. The minimum atomic E-state index is 0.574. The SMILES string of the molecule is Nc1ccc(SCc2cc(-c3ccccc3)on2)cc1Cl. The zero-order valence-electron chi connectivity index (χ0n) is 11.1. The maximum Gasteiger partial charge on any atom is 0.167 e. The third-order valence-corrected chi connectivity index (χ3v) is 4.33. The van der Waals surface area contributed by atoms with E-state index in [9.17, 15) is 0 Å². The standard InChI is InChI=1S/C16H13ClN2OS/c17-14-9-13(6-7-15(14)18)21-10-12-8-16(20-19-12)11-4-2-1-3-5-11/h1-9H,10,18H2. The number of aromatic nitrogens is 1. The molecule has 0 fully saturated rings. The summed E-state index contributed by atoms with van der Waals surface area (Å²) in [6.45, 7) is 0. The van der Waals surface area contributed by atoms with Crippen molar-refractivity contribution < 1.29 is 4.52 Å². The van der Waals surface area contributed by atoms with Gasteiger partial charge in [-0.2, -0.15) is 0 Å². The molecule has 0 aliphatic heterocycles. The second-order valence-electron chi connectivity index (χ2n) is 4.52. The summed E-state index contributed by atoms with van der Waals surface area (Å²) < 4.78 is 5.37. The van der Waals surface area contributed by atoms with Crippen molar-refractivity contribution in [1.82, 2.24) is 5.16 Å². The van der Waals surface area contributed by atoms with Crippen molar-refractivity contribution in [1.29, 1.82) is 0 Å². The van der Waals surface area contributed by atoms with Crippen LogP contribution in [0.4, 0.5) is 5.69 Å². The number of thioether (sulfide) groups is 1. The highest BCUT2D eigenvalue weighted by Gasteiger charge is 2.07. The van der Waals surface area contributed by atoms with E-state index in [1.165, 1.54) is 0 Å². The average Bonchev–Trinajstić information content (AvgIpc) is 2.98. The molecule has 5 heteroatoms. The van der Waals surface area contributed by atoms with Crippen LogP contribution in [-0.2, 0) is 5.75 Å². The van der Waals surface area contributed by atoms with E-state index in [4.69, 9.17) is 21.9 Å². The quantitative estimate of drug-likeness (QED) is 0.551. The van der Waals surface area contributed by atoms with Gasteiger partial charge in [0, 0.05) is 22.3 Å². The van der Waals surface area contributed by atoms with E-state index in [2.05, 4.69) is 5.16 Å². The van der Waals surface area contributed by atoms with Crippen molar-refractivity contribution in [2.24, 2.45) is 0 Å². The second kappa shape index (κ2) is 6.24. The van der Waals surface area contributed by atoms with Gasteiger partial charge in [-0.15, -0.1) is 11.8 Å². The summed E-state index contributed by atoms with van der Waals surface area (Å²) in [6.07, 6.45) is 0. The minimum absolute atomic E-state index is 0.574. The Morgan fingerprint density at radius 3 is 2.67 bits per heavy atom. The van der Waals surface area contributed by atoms with Crippen molar-refractivity contribution in [2.75, 3.05) is 5.73 Å². The molecule has 1 aromatic heterocycles. The van der Waals surface area contributed by atoms with Crippen LogP contribution in [0, 0.1) is 0 Å². The van der Waals surface area contributed by atoms with Crippen LogP contribution < -0.4 is 5.73 Å². The van der Waals surface area contributed by atoms with Crippen LogP contribution in [0.15, 0.2) is 64.0 Å². The molecule has 0 aliphatic carbocycles. The first-order chi connectivity index (χ1) is 10.2. The van der Waals surface area contributed by atoms with Crippen LogP contribution >= 0.6 is 23.4 Å². The van der Waals surface area contributed by atoms with Gasteiger partial charge in [0.1, 0.15) is 0 Å². The molecule has 0 amide bonds. The van der Waals surface area contributed by atoms with E-state index >= 15 is 0 Å². The number of halogens is 1. The van der Waals surface area contributed by atoms with Crippen LogP contribution in [0.25, 0.3) is 11.3 Å². The number of nitrogens with two attached hydrogens (primary N) is 1. The first kappa shape index (κ1) is 14.0. The lowest BCUT2D eigenvalue weighted by Gasteiger charge is -2.02. The van der Waals surface area contributed by atoms with Gasteiger partial charge >= 0.3 is 0 Å². The minimum Gasteiger partial charge on any atom is -0.398 e. The number of hydrogen-bond donors (Lipinski definition) is 1. The van der Waals surface area contributed by atoms with Crippen LogP contribution in [0.2, 0.25) is 5.02 Å². The Hall–Kier alpha value is -1.91. The molecule has 0 saturated heterocycles. The highest BCUT2D eigenvalue weighted by Crippen LogP contribution is 2.29. The molecule has 0 aliphatic rings. The average molecular weight is 317 g/mol. The molecule has 3 aromatic rings. The molecule has 106 valence electrons. The van der Waals surface area contributed by atoms with E-state index in [-0.39, 0.29) is 0 Å². The van der Waals surface area contributed by atoms with Crippen molar-refractivity contribution in [3.05, 3.63) is 65.3 Å². The zero-order valence-corrected chi connectivity index (χ0v) is 12.7. The highest BCUT2D eigenvalue weighted by atomic mass is 35.5. The topological polar surface area (TPSA) is 52.0 Å². The molecular weight excluding hydrogens is 304 g/mol. The van der Waals surface area contributed by atoms with Gasteiger partial charge in [-0.25, -0.2) is 0 Å². The molecule has 0 saturated carbocycles. The number of nitrogen functional groups attached to an aromatic ring is 1. The molecule has 21 heavy (non-hydrogen) atoms. The van der Waals surface area contributed by atoms with E-state index in [0.29, 0.717) is 10.7 Å². The van der Waals surface area contributed by atoms with Crippen molar-refractivity contribution in [2.45, 2.75) is 10.6 Å². The van der Waals surface area contributed by atoms with Gasteiger partial charge < -0.3 is 10.3 Å². The fourth-order valence-corrected chi connectivity index (χ4v) is 2.93. The zero-order chi connectivity index (χ0) is 14.7. The van der Waals surface area contributed by atoms with E-state index in [1.54, 1.807) is 11.8 Å². The summed E-state index contributed by atoms with van der Waals surface area (Å²) in [4.78, 5) is 1.05. The number of rotatable bonds is 4. The van der Waals surface area contributed by atoms with Crippen LogP contribution in [0.1, 0.15) is 5.69 Å². The molecule has 0 spiro atoms. The van der Waals surface area contributed by atoms with Crippen LogP contribution in [-0.4, -0.2) is 5.16 Å². The predicted molar refractivity (Wildman–Crippen MR) is 87.4 cm³/mol. The maximum atomic E-state index is 6.01. The molecule has 1 heterocycles. The fourth-order valence-electron chi connectivity index (χ4n) is 1.87. The molecule has 3 nitrogen and oxygen atoms in total. The molecule has 0 unspecified atom stereocenters. The van der Waals surface area contributed by atoms with Crippen molar-refractivity contribution >= 4 is 29.1 Å². The van der Waals surface area contributed by atoms with Crippen LogP contribution in [0.3, 0.4) is 0 Å². The molecular formula is C16H13ClN2OS. The monoisotopic (exact) mass is 316 g/mol. The fraction of sp³-hybridized carbons (Fsp3) is 0.0625. The Bertz CT molecular complexity index is 743. The number of hydrogen-bond acceptors (Lipinski definition) is 4. The van der Waals surface area contributed by atoms with Crippen molar-refractivity contribution in [3.63, 3.8) is 0 Å². The smallest absolute Gasteiger partial charge is 0.167 e. The summed E-state index contributed by atoms with van der Waals surface area (Å²) in [5, 5.41) is 4.67. The third kappa shape index (κ3) is 3.40. The molecule has 2 N–H and O–H groups in total. The third-order valence-electron chi connectivity index (χ3n) is 2.98. The lowest BCUT2D eigenvalue weighted by atomic mass is 10.2. The van der Waals surface area contributed by atoms with Gasteiger partial charge in [-0.1, -0.05) is 47.1 Å². The first-order valence-corrected chi connectivity index (χ1v) is 7.77. The lowest BCUT2D eigenvalue weighted by Crippen LogP contribution is -1.86. The van der Waals surface area contributed by atoms with Gasteiger partial charge in [-0.05, 0) is 18.2 Å². The number of benzene rings is 2. The molecule has 3 rings (SSSR count). The van der Waals surface area contributed by atoms with Crippen LogP contribution in [0.5, 0.6) is 0 Å². The normalized spacial score (nSPS) is 10.7. The molecule has 2 aromatic carbocycles. The summed E-state index contributed by atoms with van der Waals surface area (Å²) in [6, 6.07) is 17.5. The Morgan fingerprint density at radius 1 is 1.10 bits per heavy atom. The highest BCUT2D eigenvalue weighted by molar-refractivity contribution is 7.98. The summed E-state index contributed by atoms with van der Waals surface area (Å²) in [5.41, 5.74) is 8.21. The van der Waals surface area contributed by atoms with E-state index in [0.717, 1.165) is 27.7 Å². The Labute approximate surface area is 132 Å². The van der Waals surface area contributed by atoms with Gasteiger partial charge in [0.2, 0.25) is 0 Å². The van der Waals surface area contributed by atoms with Gasteiger partial charge in [0.05, 0.1) is 16.4 Å². The Morgan fingerprint density at radius 2 is 1.90 bits per heavy atom. The molecule has 0 atom stereocenters. The summed E-state index contributed by atoms with van der Waals surface area (Å²) >= 11 is 7.65. The van der Waals surface area contributed by atoms with Gasteiger partial charge in [0.25, 0.3) is 0 Å². The molecule has 0 radical (unpaired) electrons. The Balaban J connectivity index is 1.69. The van der Waals surface area contributed by atoms with Crippen molar-refractivity contribution in [3.8, 4) is 11.3 Å². The van der Waals surface area contributed by atoms with E-state index in [1.807, 2.05) is 54.6 Å². The molecule has 0 bridgehead atoms. The summed E-state index contributed by atoms with van der Waals surface area (Å²) in [5.74, 6) is 1.50. The number of anilines is 1. The predicted octanol–water partition coefficient (Wildman–Crippen LogP) is 4.87. The van der Waals surface area contributed by atoms with Gasteiger partial charge in [-0.3, -0.25) is 0 Å².